The van der Waals surface area contributed by atoms with Crippen LogP contribution in [-0.2, 0) is 13.0 Å². The maximum absolute atomic E-state index is 12.9. The molecule has 0 aliphatic heterocycles. The Bertz CT molecular complexity index is 1070. The van der Waals surface area contributed by atoms with Crippen molar-refractivity contribution in [3.63, 3.8) is 0 Å². The first-order chi connectivity index (χ1) is 14.2. The molecule has 0 bridgehead atoms. The van der Waals surface area contributed by atoms with Gasteiger partial charge in [-0.15, -0.1) is 5.10 Å². The molecule has 6 nitrogen and oxygen atoms in total. The van der Waals surface area contributed by atoms with E-state index >= 15 is 0 Å². The molecule has 0 fully saturated rings. The summed E-state index contributed by atoms with van der Waals surface area (Å²) in [6, 6.07) is 21.4. The van der Waals surface area contributed by atoms with Crippen LogP contribution in [0.4, 0.5) is 5.95 Å². The molecular weight excluding hydrogens is 432 g/mol. The van der Waals surface area contributed by atoms with Gasteiger partial charge < -0.3 is 9.73 Å². The lowest BCUT2D eigenvalue weighted by Gasteiger charge is -2.07. The van der Waals surface area contributed by atoms with Crippen LogP contribution in [0.5, 0.6) is 0 Å². The Morgan fingerprint density at radius 1 is 1.00 bits per heavy atom. The molecule has 0 aliphatic rings. The molecule has 0 atom stereocenters. The molecular formula is C22H19BrN4O2. The number of aryl methyl sites for hydroxylation is 1. The first-order valence-corrected chi connectivity index (χ1v) is 10.0. The summed E-state index contributed by atoms with van der Waals surface area (Å²) in [5.74, 6) is 1.17. The maximum atomic E-state index is 12.9. The molecule has 0 unspecified atom stereocenters. The van der Waals surface area contributed by atoms with Gasteiger partial charge in [0.15, 0.2) is 5.76 Å². The van der Waals surface area contributed by atoms with E-state index in [-0.39, 0.29) is 5.91 Å². The largest absolute Gasteiger partial charge is 0.461 e. The second-order valence-corrected chi connectivity index (χ2v) is 7.42. The van der Waals surface area contributed by atoms with Crippen LogP contribution in [0.1, 0.15) is 22.3 Å². The van der Waals surface area contributed by atoms with Crippen LogP contribution in [0.2, 0.25) is 0 Å². The minimum atomic E-state index is -0.127. The number of carbonyl (C=O) groups is 1. The predicted molar refractivity (Wildman–Crippen MR) is 115 cm³/mol. The van der Waals surface area contributed by atoms with E-state index in [0.717, 1.165) is 15.6 Å². The highest BCUT2D eigenvalue weighted by atomic mass is 79.9. The number of rotatable bonds is 7. The number of nitrogens with one attached hydrogen (secondary N) is 1. The maximum Gasteiger partial charge on any atom is 0.250 e. The highest BCUT2D eigenvalue weighted by molar-refractivity contribution is 9.10. The number of nitrogens with zero attached hydrogens (tertiary/aromatic N) is 3. The van der Waals surface area contributed by atoms with Crippen molar-refractivity contribution in [3.05, 3.63) is 88.6 Å². The number of carbonyl (C=O) groups excluding carboxylic acids is 1. The highest BCUT2D eigenvalue weighted by Gasteiger charge is 2.18. The molecule has 4 rings (SSSR count). The van der Waals surface area contributed by atoms with Gasteiger partial charge in [0, 0.05) is 17.4 Å². The number of hydrogen-bond acceptors (Lipinski definition) is 5. The summed E-state index contributed by atoms with van der Waals surface area (Å²) in [7, 11) is 0. The fourth-order valence-corrected chi connectivity index (χ4v) is 3.16. The third-order valence-electron chi connectivity index (χ3n) is 4.42. The second kappa shape index (κ2) is 8.87. The van der Waals surface area contributed by atoms with Gasteiger partial charge in [-0.05, 0) is 41.8 Å². The van der Waals surface area contributed by atoms with Crippen molar-refractivity contribution in [2.24, 2.45) is 0 Å². The first-order valence-electron chi connectivity index (χ1n) is 9.25. The predicted octanol–water partition coefficient (Wildman–Crippen LogP) is 5.19. The van der Waals surface area contributed by atoms with Crippen LogP contribution in [0.25, 0.3) is 11.6 Å². The molecule has 2 heterocycles. The fraction of sp³-hybridized carbons (Fsp3) is 0.136. The summed E-state index contributed by atoms with van der Waals surface area (Å²) in [5.41, 5.74) is 2.18. The molecule has 7 heteroatoms. The van der Waals surface area contributed by atoms with Crippen molar-refractivity contribution in [2.45, 2.75) is 19.4 Å². The zero-order valence-electron chi connectivity index (χ0n) is 15.6. The van der Waals surface area contributed by atoms with E-state index in [9.17, 15) is 4.79 Å². The Morgan fingerprint density at radius 3 is 2.52 bits per heavy atom. The van der Waals surface area contributed by atoms with Gasteiger partial charge >= 0.3 is 0 Å². The quantitative estimate of drug-likeness (QED) is 0.419. The van der Waals surface area contributed by atoms with Gasteiger partial charge in [-0.25, -0.2) is 0 Å². The molecule has 2 aromatic heterocycles. The number of halogens is 1. The number of anilines is 1. The summed E-state index contributed by atoms with van der Waals surface area (Å²) in [4.78, 5) is 17.3. The monoisotopic (exact) mass is 450 g/mol. The molecule has 0 radical (unpaired) electrons. The number of benzene rings is 2. The molecule has 0 saturated heterocycles. The Balaban J connectivity index is 1.53. The van der Waals surface area contributed by atoms with Crippen LogP contribution >= 0.6 is 15.9 Å². The minimum Gasteiger partial charge on any atom is -0.461 e. The number of furan rings is 1. The topological polar surface area (TPSA) is 73.0 Å². The summed E-state index contributed by atoms with van der Waals surface area (Å²) >= 11 is 3.43. The lowest BCUT2D eigenvalue weighted by molar-refractivity contribution is 0.0890. The average molecular weight is 451 g/mol. The standard InChI is InChI=1S/C22H19BrN4O2/c23-18-11-8-17(9-12-18)15-24-22-25-21(19-7-4-14-29-19)26-27(22)20(28)13-10-16-5-2-1-3-6-16/h1-9,11-12,14H,10,13,15H2,(H,24,25,26). The molecule has 29 heavy (non-hydrogen) atoms. The summed E-state index contributed by atoms with van der Waals surface area (Å²) in [5, 5.41) is 7.61. The van der Waals surface area contributed by atoms with Crippen molar-refractivity contribution in [2.75, 3.05) is 5.32 Å². The number of aromatic nitrogens is 3. The normalized spacial score (nSPS) is 10.8. The molecule has 0 spiro atoms. The summed E-state index contributed by atoms with van der Waals surface area (Å²) in [6.45, 7) is 0.523. The van der Waals surface area contributed by atoms with E-state index in [1.165, 1.54) is 4.68 Å². The third-order valence-corrected chi connectivity index (χ3v) is 4.95. The number of hydrogen-bond donors (Lipinski definition) is 1. The molecule has 146 valence electrons. The van der Waals surface area contributed by atoms with Crippen LogP contribution in [-0.4, -0.2) is 20.7 Å². The summed E-state index contributed by atoms with van der Waals surface area (Å²) < 4.78 is 7.74. The third kappa shape index (κ3) is 4.81. The van der Waals surface area contributed by atoms with Crippen molar-refractivity contribution >= 4 is 27.8 Å². The van der Waals surface area contributed by atoms with E-state index in [1.54, 1.807) is 18.4 Å². The first kappa shape index (κ1) is 19.1. The van der Waals surface area contributed by atoms with E-state index in [0.29, 0.717) is 36.9 Å². The van der Waals surface area contributed by atoms with Crippen molar-refractivity contribution in [1.82, 2.24) is 14.8 Å². The van der Waals surface area contributed by atoms with Crippen molar-refractivity contribution in [3.8, 4) is 11.6 Å². The fourth-order valence-electron chi connectivity index (χ4n) is 2.90. The van der Waals surface area contributed by atoms with Crippen LogP contribution in [0.15, 0.2) is 81.9 Å². The smallest absolute Gasteiger partial charge is 0.250 e. The SMILES string of the molecule is O=C(CCc1ccccc1)n1nc(-c2ccco2)nc1NCc1ccc(Br)cc1. The molecule has 0 saturated carbocycles. The molecule has 2 aromatic carbocycles. The zero-order valence-corrected chi connectivity index (χ0v) is 17.2. The highest BCUT2D eigenvalue weighted by Crippen LogP contribution is 2.20. The summed E-state index contributed by atoms with van der Waals surface area (Å²) in [6.07, 6.45) is 2.53. The molecule has 4 aromatic rings. The lowest BCUT2D eigenvalue weighted by atomic mass is 10.1. The van der Waals surface area contributed by atoms with Crippen LogP contribution in [0.3, 0.4) is 0 Å². The Hall–Kier alpha value is -3.19. The van der Waals surface area contributed by atoms with Gasteiger partial charge in [0.2, 0.25) is 17.7 Å². The van der Waals surface area contributed by atoms with Crippen LogP contribution < -0.4 is 5.32 Å². The Morgan fingerprint density at radius 2 is 1.79 bits per heavy atom. The molecule has 0 aliphatic carbocycles. The Kier molecular flexibility index (Phi) is 5.86. The molecule has 0 amide bonds. The van der Waals surface area contributed by atoms with E-state index in [1.807, 2.05) is 54.6 Å². The van der Waals surface area contributed by atoms with Gasteiger partial charge in [0.05, 0.1) is 6.26 Å². The average Bonchev–Trinajstić information content (AvgIpc) is 3.42. The van der Waals surface area contributed by atoms with Crippen molar-refractivity contribution < 1.29 is 9.21 Å². The minimum absolute atomic E-state index is 0.127. The van der Waals surface area contributed by atoms with Gasteiger partial charge in [-0.3, -0.25) is 4.79 Å². The van der Waals surface area contributed by atoms with Gasteiger partial charge in [-0.2, -0.15) is 9.67 Å². The van der Waals surface area contributed by atoms with E-state index < -0.39 is 0 Å². The van der Waals surface area contributed by atoms with Gasteiger partial charge in [0.25, 0.3) is 0 Å². The van der Waals surface area contributed by atoms with E-state index in [2.05, 4.69) is 31.3 Å². The Labute approximate surface area is 176 Å². The zero-order chi connectivity index (χ0) is 20.1. The van der Waals surface area contributed by atoms with Crippen molar-refractivity contribution in [1.29, 1.82) is 0 Å². The molecule has 1 N–H and O–H groups in total. The van der Waals surface area contributed by atoms with Gasteiger partial charge in [-0.1, -0.05) is 58.4 Å². The van der Waals surface area contributed by atoms with E-state index in [4.69, 9.17) is 4.42 Å². The second-order valence-electron chi connectivity index (χ2n) is 6.51. The van der Waals surface area contributed by atoms with Gasteiger partial charge in [0.1, 0.15) is 0 Å². The lowest BCUT2D eigenvalue weighted by Crippen LogP contribution is -2.17. The van der Waals surface area contributed by atoms with Crippen LogP contribution in [0, 0.1) is 0 Å².